The summed E-state index contributed by atoms with van der Waals surface area (Å²) >= 11 is 0. The highest BCUT2D eigenvalue weighted by molar-refractivity contribution is 5.67. The van der Waals surface area contributed by atoms with Gasteiger partial charge in [0.15, 0.2) is 0 Å². The second kappa shape index (κ2) is 19.6. The van der Waals surface area contributed by atoms with Crippen molar-refractivity contribution in [1.82, 2.24) is 0 Å². The molecule has 32 heavy (non-hydrogen) atoms. The van der Waals surface area contributed by atoms with Crippen LogP contribution >= 0.6 is 0 Å². The Labute approximate surface area is 197 Å². The molecule has 0 saturated carbocycles. The molecule has 0 heterocycles. The van der Waals surface area contributed by atoms with Gasteiger partial charge in [-0.05, 0) is 29.5 Å². The molecule has 1 N–H and O–H groups in total. The largest absolute Gasteiger partial charge is 0.481 e. The number of carboxylic acids is 1. The van der Waals surface area contributed by atoms with Gasteiger partial charge < -0.3 is 5.11 Å². The van der Waals surface area contributed by atoms with Crippen LogP contribution < -0.4 is 0 Å². The van der Waals surface area contributed by atoms with Gasteiger partial charge in [-0.1, -0.05) is 145 Å². The lowest BCUT2D eigenvalue weighted by Crippen LogP contribution is -1.91. The predicted octanol–water partition coefficient (Wildman–Crippen LogP) is 9.47. The molecule has 0 fully saturated rings. The third-order valence-corrected chi connectivity index (χ3v) is 5.90. The van der Waals surface area contributed by atoms with Gasteiger partial charge in [-0.15, -0.1) is 0 Å². The second-order valence-electron chi connectivity index (χ2n) is 8.89. The van der Waals surface area contributed by atoms with E-state index < -0.39 is 5.97 Å². The highest BCUT2D eigenvalue weighted by Gasteiger charge is 2.03. The van der Waals surface area contributed by atoms with E-state index in [0.29, 0.717) is 0 Å². The maximum atomic E-state index is 9.00. The topological polar surface area (TPSA) is 37.3 Å². The molecule has 0 amide bonds. The molecule has 0 aliphatic carbocycles. The molecule has 0 bridgehead atoms. The van der Waals surface area contributed by atoms with Crippen molar-refractivity contribution in [2.45, 2.75) is 110 Å². The zero-order chi connectivity index (χ0) is 23.3. The summed E-state index contributed by atoms with van der Waals surface area (Å²) in [7, 11) is 0. The summed E-state index contributed by atoms with van der Waals surface area (Å²) in [6.45, 7) is 3.38. The molecule has 2 aromatic carbocycles. The van der Waals surface area contributed by atoms with Crippen LogP contribution in [-0.4, -0.2) is 11.1 Å². The lowest BCUT2D eigenvalue weighted by molar-refractivity contribution is -0.134. The Balaban J connectivity index is 0.00000118. The number of carbonyl (C=O) groups is 1. The minimum atomic E-state index is -0.833. The Bertz CT molecular complexity index is 689. The number of hydrogen-bond donors (Lipinski definition) is 1. The van der Waals surface area contributed by atoms with Gasteiger partial charge in [0, 0.05) is 6.92 Å². The zero-order valence-electron chi connectivity index (χ0n) is 20.7. The Morgan fingerprint density at radius 2 is 1.03 bits per heavy atom. The Kier molecular flexibility index (Phi) is 17.1. The predicted molar refractivity (Wildman–Crippen MR) is 139 cm³/mol. The molecule has 0 aromatic heterocycles. The molecule has 0 saturated heterocycles. The first-order valence-electron chi connectivity index (χ1n) is 13.0. The van der Waals surface area contributed by atoms with E-state index in [1.807, 2.05) is 0 Å². The minimum absolute atomic E-state index is 0.833. The molecular weight excluding hydrogens is 392 g/mol. The smallest absolute Gasteiger partial charge is 0.300 e. The van der Waals surface area contributed by atoms with Crippen LogP contribution in [0.15, 0.2) is 54.6 Å². The van der Waals surface area contributed by atoms with Crippen LogP contribution in [0, 0.1) is 0 Å². The Hall–Kier alpha value is -2.09. The van der Waals surface area contributed by atoms with Crippen molar-refractivity contribution >= 4 is 5.97 Å². The van der Waals surface area contributed by atoms with Gasteiger partial charge in [-0.2, -0.15) is 0 Å². The highest BCUT2D eigenvalue weighted by atomic mass is 16.4. The van der Waals surface area contributed by atoms with Gasteiger partial charge in [0.25, 0.3) is 5.97 Å². The SMILES string of the molecule is CC(=O)O.CCCCCCCCCCCCCCCCc1ccccc1-c1ccccc1. The number of unbranched alkanes of at least 4 members (excludes halogenated alkanes) is 13. The molecule has 0 spiro atoms. The van der Waals surface area contributed by atoms with Crippen molar-refractivity contribution in [1.29, 1.82) is 0 Å². The maximum Gasteiger partial charge on any atom is 0.300 e. The molecule has 0 atom stereocenters. The molecule has 0 aliphatic rings. The quantitative estimate of drug-likeness (QED) is 0.265. The summed E-state index contributed by atoms with van der Waals surface area (Å²) in [6.07, 6.45) is 21.2. The number of aryl methyl sites for hydroxylation is 1. The first kappa shape index (κ1) is 27.9. The lowest BCUT2D eigenvalue weighted by atomic mass is 9.95. The van der Waals surface area contributed by atoms with Crippen LogP contribution in [0.25, 0.3) is 11.1 Å². The summed E-state index contributed by atoms with van der Waals surface area (Å²) in [5.41, 5.74) is 4.27. The Morgan fingerprint density at radius 3 is 1.53 bits per heavy atom. The molecule has 0 radical (unpaired) electrons. The fraction of sp³-hybridized carbons (Fsp3) is 0.567. The lowest BCUT2D eigenvalue weighted by Gasteiger charge is -2.10. The molecule has 2 rings (SSSR count). The van der Waals surface area contributed by atoms with Crippen molar-refractivity contribution < 1.29 is 9.90 Å². The first-order valence-corrected chi connectivity index (χ1v) is 13.0. The molecule has 2 aromatic rings. The average Bonchev–Trinajstić information content (AvgIpc) is 2.80. The van der Waals surface area contributed by atoms with Gasteiger partial charge in [-0.25, -0.2) is 0 Å². The summed E-state index contributed by atoms with van der Waals surface area (Å²) in [6, 6.07) is 19.8. The van der Waals surface area contributed by atoms with Crippen molar-refractivity contribution in [2.24, 2.45) is 0 Å². The van der Waals surface area contributed by atoms with E-state index in [1.165, 1.54) is 113 Å². The van der Waals surface area contributed by atoms with Crippen LogP contribution in [0.4, 0.5) is 0 Å². The number of aliphatic carboxylic acids is 1. The van der Waals surface area contributed by atoms with Gasteiger partial charge >= 0.3 is 0 Å². The monoisotopic (exact) mass is 438 g/mol. The van der Waals surface area contributed by atoms with E-state index in [2.05, 4.69) is 61.5 Å². The van der Waals surface area contributed by atoms with Gasteiger partial charge in [0.05, 0.1) is 0 Å². The maximum absolute atomic E-state index is 9.00. The minimum Gasteiger partial charge on any atom is -0.481 e. The summed E-state index contributed by atoms with van der Waals surface area (Å²) < 4.78 is 0. The molecule has 178 valence electrons. The number of benzene rings is 2. The van der Waals surface area contributed by atoms with Crippen molar-refractivity contribution in [3.8, 4) is 11.1 Å². The van der Waals surface area contributed by atoms with E-state index in [1.54, 1.807) is 0 Å². The van der Waals surface area contributed by atoms with Crippen molar-refractivity contribution in [3.63, 3.8) is 0 Å². The first-order chi connectivity index (χ1) is 15.6. The third-order valence-electron chi connectivity index (χ3n) is 5.90. The highest BCUT2D eigenvalue weighted by Crippen LogP contribution is 2.25. The van der Waals surface area contributed by atoms with E-state index in [9.17, 15) is 0 Å². The fourth-order valence-electron chi connectivity index (χ4n) is 4.15. The number of carboxylic acid groups (broad SMARTS) is 1. The van der Waals surface area contributed by atoms with E-state index in [4.69, 9.17) is 9.90 Å². The van der Waals surface area contributed by atoms with E-state index >= 15 is 0 Å². The molecule has 2 heteroatoms. The van der Waals surface area contributed by atoms with Crippen LogP contribution in [0.3, 0.4) is 0 Å². The fourth-order valence-corrected chi connectivity index (χ4v) is 4.15. The summed E-state index contributed by atoms with van der Waals surface area (Å²) in [5.74, 6) is -0.833. The van der Waals surface area contributed by atoms with Crippen molar-refractivity contribution in [2.75, 3.05) is 0 Å². The van der Waals surface area contributed by atoms with Crippen LogP contribution in [0.5, 0.6) is 0 Å². The van der Waals surface area contributed by atoms with Crippen LogP contribution in [-0.2, 0) is 11.2 Å². The molecule has 0 unspecified atom stereocenters. The summed E-state index contributed by atoms with van der Waals surface area (Å²) in [4.78, 5) is 9.00. The molecule has 2 nitrogen and oxygen atoms in total. The van der Waals surface area contributed by atoms with Crippen molar-refractivity contribution in [3.05, 3.63) is 60.2 Å². The van der Waals surface area contributed by atoms with Gasteiger partial charge in [0.2, 0.25) is 0 Å². The van der Waals surface area contributed by atoms with Gasteiger partial charge in [0.1, 0.15) is 0 Å². The van der Waals surface area contributed by atoms with Crippen LogP contribution in [0.1, 0.15) is 109 Å². The molecular formula is C30H46O2. The van der Waals surface area contributed by atoms with E-state index in [0.717, 1.165) is 6.92 Å². The average molecular weight is 439 g/mol. The normalized spacial score (nSPS) is 10.4. The second-order valence-corrected chi connectivity index (χ2v) is 8.89. The number of hydrogen-bond acceptors (Lipinski definition) is 1. The standard InChI is InChI=1S/C28H42.C2H4O2/c1-2-3-4-5-6-7-8-9-10-11-12-13-14-16-21-27-24-19-20-25-28(27)26-22-17-15-18-23-26;1-2(3)4/h15,17-20,22-25H,2-14,16,21H2,1H3;1H3,(H,3,4). The Morgan fingerprint density at radius 1 is 0.625 bits per heavy atom. The molecule has 0 aliphatic heterocycles. The zero-order valence-corrected chi connectivity index (χ0v) is 20.7. The van der Waals surface area contributed by atoms with Gasteiger partial charge in [-0.3, -0.25) is 4.79 Å². The summed E-state index contributed by atoms with van der Waals surface area (Å²) in [5, 5.41) is 7.42. The van der Waals surface area contributed by atoms with Crippen LogP contribution in [0.2, 0.25) is 0 Å². The van der Waals surface area contributed by atoms with E-state index in [-0.39, 0.29) is 0 Å². The number of rotatable bonds is 16. The third kappa shape index (κ3) is 14.8.